The van der Waals surface area contributed by atoms with Gasteiger partial charge in [0.1, 0.15) is 5.82 Å². The Balaban J connectivity index is 0.00000364. The Morgan fingerprint density at radius 3 is 2.30 bits per heavy atom. The third-order valence-electron chi connectivity index (χ3n) is 4.79. The Morgan fingerprint density at radius 1 is 0.963 bits per heavy atom. The summed E-state index contributed by atoms with van der Waals surface area (Å²) in [7, 11) is 0. The molecular weight excluding hydrogens is 369 g/mol. The van der Waals surface area contributed by atoms with Crippen molar-refractivity contribution in [2.24, 2.45) is 5.73 Å². The SMILES string of the molecule is Cl.NCCCCCCC(=O)N1CCCN(C(=O)Cc2cccc(F)c2)CC1. The lowest BCUT2D eigenvalue weighted by Gasteiger charge is -2.22. The molecule has 1 fully saturated rings. The number of nitrogens with two attached hydrogens (primary N) is 1. The van der Waals surface area contributed by atoms with Crippen LogP contribution in [0.15, 0.2) is 24.3 Å². The van der Waals surface area contributed by atoms with Gasteiger partial charge in [-0.2, -0.15) is 0 Å². The van der Waals surface area contributed by atoms with Gasteiger partial charge in [-0.05, 0) is 43.5 Å². The van der Waals surface area contributed by atoms with Gasteiger partial charge in [0.15, 0.2) is 0 Å². The molecule has 1 heterocycles. The molecule has 0 aromatic heterocycles. The second kappa shape index (κ2) is 12.7. The number of amides is 2. The molecule has 7 heteroatoms. The van der Waals surface area contributed by atoms with Crippen LogP contribution in [-0.4, -0.2) is 54.3 Å². The minimum atomic E-state index is -0.325. The van der Waals surface area contributed by atoms with Gasteiger partial charge in [0, 0.05) is 32.6 Å². The van der Waals surface area contributed by atoms with E-state index in [0.717, 1.165) is 32.1 Å². The van der Waals surface area contributed by atoms with Gasteiger partial charge in [0.25, 0.3) is 0 Å². The maximum absolute atomic E-state index is 13.3. The molecule has 0 bridgehead atoms. The number of nitrogens with zero attached hydrogens (tertiary/aromatic N) is 2. The zero-order valence-corrected chi connectivity index (χ0v) is 16.7. The minimum Gasteiger partial charge on any atom is -0.341 e. The first-order valence-corrected chi connectivity index (χ1v) is 9.60. The molecule has 1 aliphatic heterocycles. The van der Waals surface area contributed by atoms with Crippen LogP contribution < -0.4 is 5.73 Å². The Kier molecular flexibility index (Phi) is 11.0. The summed E-state index contributed by atoms with van der Waals surface area (Å²) >= 11 is 0. The number of benzene rings is 1. The number of carbonyl (C=O) groups is 2. The van der Waals surface area contributed by atoms with E-state index in [2.05, 4.69) is 0 Å². The van der Waals surface area contributed by atoms with Gasteiger partial charge in [-0.1, -0.05) is 25.0 Å². The van der Waals surface area contributed by atoms with Crippen LogP contribution in [0, 0.1) is 5.82 Å². The van der Waals surface area contributed by atoms with Crippen LogP contribution >= 0.6 is 12.4 Å². The molecule has 0 saturated carbocycles. The molecule has 0 atom stereocenters. The molecule has 0 aliphatic carbocycles. The van der Waals surface area contributed by atoms with Crippen molar-refractivity contribution in [3.05, 3.63) is 35.6 Å². The fraction of sp³-hybridized carbons (Fsp3) is 0.600. The molecule has 2 rings (SSSR count). The summed E-state index contributed by atoms with van der Waals surface area (Å²) in [6.07, 6.45) is 5.58. The van der Waals surface area contributed by atoms with Crippen molar-refractivity contribution in [1.29, 1.82) is 0 Å². The summed E-state index contributed by atoms with van der Waals surface area (Å²) < 4.78 is 13.3. The lowest BCUT2D eigenvalue weighted by Crippen LogP contribution is -2.37. The van der Waals surface area contributed by atoms with Crippen molar-refractivity contribution < 1.29 is 14.0 Å². The number of hydrogen-bond donors (Lipinski definition) is 1. The minimum absolute atomic E-state index is 0. The molecular formula is C20H31ClFN3O2. The van der Waals surface area contributed by atoms with Crippen molar-refractivity contribution in [2.45, 2.75) is 44.9 Å². The number of carbonyl (C=O) groups excluding carboxylic acids is 2. The van der Waals surface area contributed by atoms with Crippen molar-refractivity contribution in [3.8, 4) is 0 Å². The summed E-state index contributed by atoms with van der Waals surface area (Å²) in [5.41, 5.74) is 6.16. The van der Waals surface area contributed by atoms with Gasteiger partial charge in [-0.3, -0.25) is 9.59 Å². The van der Waals surface area contributed by atoms with Crippen LogP contribution in [0.5, 0.6) is 0 Å². The van der Waals surface area contributed by atoms with Crippen molar-refractivity contribution in [3.63, 3.8) is 0 Å². The van der Waals surface area contributed by atoms with E-state index in [9.17, 15) is 14.0 Å². The maximum Gasteiger partial charge on any atom is 0.227 e. The largest absolute Gasteiger partial charge is 0.341 e. The topological polar surface area (TPSA) is 66.6 Å². The predicted molar refractivity (Wildman–Crippen MR) is 107 cm³/mol. The van der Waals surface area contributed by atoms with Crippen LogP contribution in [0.25, 0.3) is 0 Å². The number of unbranched alkanes of at least 4 members (excludes halogenated alkanes) is 3. The summed E-state index contributed by atoms with van der Waals surface area (Å²) in [5, 5.41) is 0. The second-order valence-corrected chi connectivity index (χ2v) is 6.87. The highest BCUT2D eigenvalue weighted by atomic mass is 35.5. The fourth-order valence-electron chi connectivity index (χ4n) is 3.28. The van der Waals surface area contributed by atoms with Gasteiger partial charge in [-0.15, -0.1) is 12.4 Å². The molecule has 0 unspecified atom stereocenters. The molecule has 2 amide bonds. The van der Waals surface area contributed by atoms with Crippen LogP contribution in [-0.2, 0) is 16.0 Å². The standard InChI is InChI=1S/C20H30FN3O2.ClH/c21-18-8-5-7-17(15-18)16-20(26)24-12-6-11-23(13-14-24)19(25)9-3-1-2-4-10-22;/h5,7-8,15H,1-4,6,9-14,16,22H2;1H. The van der Waals surface area contributed by atoms with Crippen molar-refractivity contribution in [2.75, 3.05) is 32.7 Å². The zero-order valence-electron chi connectivity index (χ0n) is 15.9. The van der Waals surface area contributed by atoms with E-state index in [0.29, 0.717) is 44.7 Å². The van der Waals surface area contributed by atoms with Gasteiger partial charge in [0.2, 0.25) is 11.8 Å². The van der Waals surface area contributed by atoms with E-state index in [-0.39, 0.29) is 36.5 Å². The maximum atomic E-state index is 13.3. The van der Waals surface area contributed by atoms with Crippen LogP contribution in [0.4, 0.5) is 4.39 Å². The van der Waals surface area contributed by atoms with Crippen LogP contribution in [0.2, 0.25) is 0 Å². The van der Waals surface area contributed by atoms with Crippen molar-refractivity contribution in [1.82, 2.24) is 9.80 Å². The summed E-state index contributed by atoms with van der Waals surface area (Å²) in [6.45, 7) is 3.18. The molecule has 1 aromatic rings. The first-order chi connectivity index (χ1) is 12.6. The van der Waals surface area contributed by atoms with Crippen LogP contribution in [0.3, 0.4) is 0 Å². The molecule has 1 aromatic carbocycles. The summed E-state index contributed by atoms with van der Waals surface area (Å²) in [5.74, 6) is -0.154. The van der Waals surface area contributed by atoms with Gasteiger partial charge >= 0.3 is 0 Å². The number of hydrogen-bond acceptors (Lipinski definition) is 3. The van der Waals surface area contributed by atoms with E-state index in [1.165, 1.54) is 12.1 Å². The van der Waals surface area contributed by atoms with E-state index in [4.69, 9.17) is 5.73 Å². The molecule has 2 N–H and O–H groups in total. The molecule has 5 nitrogen and oxygen atoms in total. The highest BCUT2D eigenvalue weighted by Crippen LogP contribution is 2.11. The normalized spacial score (nSPS) is 14.4. The van der Waals surface area contributed by atoms with Gasteiger partial charge < -0.3 is 15.5 Å². The van der Waals surface area contributed by atoms with Gasteiger partial charge in [0.05, 0.1) is 6.42 Å². The third kappa shape index (κ3) is 8.26. The lowest BCUT2D eigenvalue weighted by molar-refractivity contribution is -0.133. The zero-order chi connectivity index (χ0) is 18.8. The first kappa shape index (κ1) is 23.4. The molecule has 27 heavy (non-hydrogen) atoms. The number of rotatable bonds is 8. The van der Waals surface area contributed by atoms with Gasteiger partial charge in [-0.25, -0.2) is 4.39 Å². The Labute approximate surface area is 167 Å². The molecule has 0 spiro atoms. The molecule has 1 saturated heterocycles. The quantitative estimate of drug-likeness (QED) is 0.683. The van der Waals surface area contributed by atoms with E-state index >= 15 is 0 Å². The Morgan fingerprint density at radius 2 is 1.63 bits per heavy atom. The third-order valence-corrected chi connectivity index (χ3v) is 4.79. The highest BCUT2D eigenvalue weighted by molar-refractivity contribution is 5.85. The molecule has 152 valence electrons. The van der Waals surface area contributed by atoms with Crippen molar-refractivity contribution >= 4 is 24.2 Å². The van der Waals surface area contributed by atoms with E-state index in [1.807, 2.05) is 4.90 Å². The Bertz CT molecular complexity index is 600. The second-order valence-electron chi connectivity index (χ2n) is 6.87. The summed E-state index contributed by atoms with van der Waals surface area (Å²) in [6, 6.07) is 6.16. The predicted octanol–water partition coefficient (Wildman–Crippen LogP) is 2.76. The van der Waals surface area contributed by atoms with E-state index in [1.54, 1.807) is 17.0 Å². The number of halogens is 2. The Hall–Kier alpha value is -1.66. The summed E-state index contributed by atoms with van der Waals surface area (Å²) in [4.78, 5) is 28.5. The molecule has 0 radical (unpaired) electrons. The average molecular weight is 400 g/mol. The average Bonchev–Trinajstić information content (AvgIpc) is 2.88. The van der Waals surface area contributed by atoms with Crippen LogP contribution in [0.1, 0.15) is 44.1 Å². The first-order valence-electron chi connectivity index (χ1n) is 9.60. The monoisotopic (exact) mass is 399 g/mol. The lowest BCUT2D eigenvalue weighted by atomic mass is 10.1. The van der Waals surface area contributed by atoms with E-state index < -0.39 is 0 Å². The molecule has 1 aliphatic rings. The smallest absolute Gasteiger partial charge is 0.227 e. The highest BCUT2D eigenvalue weighted by Gasteiger charge is 2.21. The fourth-order valence-corrected chi connectivity index (χ4v) is 3.28.